The van der Waals surface area contributed by atoms with Gasteiger partial charge >= 0.3 is 0 Å². The number of hydrogen-bond donors (Lipinski definition) is 0. The van der Waals surface area contributed by atoms with Gasteiger partial charge in [0.1, 0.15) is 5.75 Å². The van der Waals surface area contributed by atoms with E-state index in [4.69, 9.17) is 16.3 Å². The molecule has 2 aromatic rings. The van der Waals surface area contributed by atoms with Crippen LogP contribution in [0.2, 0.25) is 0 Å². The summed E-state index contributed by atoms with van der Waals surface area (Å²) in [4.78, 5) is 0. The Kier molecular flexibility index (Phi) is 3.64. The van der Waals surface area contributed by atoms with Gasteiger partial charge in [0.05, 0.1) is 5.88 Å². The molecule has 2 rings (SSSR count). The first kappa shape index (κ1) is 11.9. The molecule has 0 bridgehead atoms. The molecule has 0 aromatic heterocycles. The van der Waals surface area contributed by atoms with E-state index in [1.807, 2.05) is 25.1 Å². The second-order valence-corrected chi connectivity index (χ2v) is 4.04. The fourth-order valence-corrected chi connectivity index (χ4v) is 1.74. The van der Waals surface area contributed by atoms with Crippen LogP contribution in [0, 0.1) is 12.7 Å². The average Bonchev–Trinajstić information content (AvgIpc) is 2.34. The molecule has 88 valence electrons. The highest BCUT2D eigenvalue weighted by Gasteiger charge is 2.07. The smallest absolute Gasteiger partial charge is 0.165 e. The minimum absolute atomic E-state index is 0.225. The minimum Gasteiger partial charge on any atom is -0.454 e. The average molecular weight is 251 g/mol. The van der Waals surface area contributed by atoms with Crippen molar-refractivity contribution in [2.24, 2.45) is 0 Å². The maximum absolute atomic E-state index is 13.5. The molecule has 0 aliphatic rings. The molecule has 0 aliphatic heterocycles. The summed E-state index contributed by atoms with van der Waals surface area (Å²) in [5.41, 5.74) is 1.79. The lowest BCUT2D eigenvalue weighted by atomic mass is 10.2. The first-order valence-electron chi connectivity index (χ1n) is 5.28. The molecule has 0 saturated heterocycles. The predicted octanol–water partition coefficient (Wildman–Crippen LogP) is 4.67. The first-order valence-corrected chi connectivity index (χ1v) is 5.82. The normalized spacial score (nSPS) is 10.3. The number of ether oxygens (including phenoxy) is 1. The molecule has 0 saturated carbocycles. The second kappa shape index (κ2) is 5.19. The van der Waals surface area contributed by atoms with Crippen LogP contribution in [0.5, 0.6) is 11.5 Å². The van der Waals surface area contributed by atoms with E-state index in [0.717, 1.165) is 11.1 Å². The Morgan fingerprint density at radius 3 is 2.65 bits per heavy atom. The maximum Gasteiger partial charge on any atom is 0.165 e. The van der Waals surface area contributed by atoms with Gasteiger partial charge in [-0.2, -0.15) is 0 Å². The van der Waals surface area contributed by atoms with E-state index in [-0.39, 0.29) is 11.6 Å². The van der Waals surface area contributed by atoms with Crippen LogP contribution in [0.25, 0.3) is 0 Å². The summed E-state index contributed by atoms with van der Waals surface area (Å²) in [5, 5.41) is 0. The van der Waals surface area contributed by atoms with Crippen LogP contribution in [-0.4, -0.2) is 0 Å². The van der Waals surface area contributed by atoms with E-state index in [1.165, 1.54) is 6.07 Å². The van der Waals surface area contributed by atoms with Crippen molar-refractivity contribution in [1.29, 1.82) is 0 Å². The molecule has 0 amide bonds. The SMILES string of the molecule is Cc1ccc(F)c(Oc2ccccc2CCl)c1. The van der Waals surface area contributed by atoms with Crippen molar-refractivity contribution in [3.8, 4) is 11.5 Å². The van der Waals surface area contributed by atoms with Gasteiger partial charge in [-0.15, -0.1) is 11.6 Å². The van der Waals surface area contributed by atoms with Crippen molar-refractivity contribution >= 4 is 11.6 Å². The third kappa shape index (κ3) is 2.77. The van der Waals surface area contributed by atoms with Gasteiger partial charge in [0, 0.05) is 5.56 Å². The quantitative estimate of drug-likeness (QED) is 0.720. The Hall–Kier alpha value is -1.54. The highest BCUT2D eigenvalue weighted by Crippen LogP contribution is 2.28. The molecule has 0 radical (unpaired) electrons. The molecule has 0 fully saturated rings. The molecule has 0 N–H and O–H groups in total. The van der Waals surface area contributed by atoms with Gasteiger partial charge in [-0.1, -0.05) is 24.3 Å². The van der Waals surface area contributed by atoms with E-state index in [9.17, 15) is 4.39 Å². The van der Waals surface area contributed by atoms with Gasteiger partial charge < -0.3 is 4.74 Å². The number of hydrogen-bond acceptors (Lipinski definition) is 1. The van der Waals surface area contributed by atoms with Gasteiger partial charge in [-0.3, -0.25) is 0 Å². The topological polar surface area (TPSA) is 9.23 Å². The Balaban J connectivity index is 2.34. The summed E-state index contributed by atoms with van der Waals surface area (Å²) >= 11 is 5.80. The number of benzene rings is 2. The molecule has 0 unspecified atom stereocenters. The van der Waals surface area contributed by atoms with Gasteiger partial charge in [-0.05, 0) is 30.7 Å². The molecule has 17 heavy (non-hydrogen) atoms. The molecule has 0 spiro atoms. The molecular formula is C14H12ClFO. The highest BCUT2D eigenvalue weighted by molar-refractivity contribution is 6.17. The zero-order valence-corrected chi connectivity index (χ0v) is 10.2. The van der Waals surface area contributed by atoms with Crippen LogP contribution in [-0.2, 0) is 5.88 Å². The standard InChI is InChI=1S/C14H12ClFO/c1-10-6-7-12(16)14(8-10)17-13-5-3-2-4-11(13)9-15/h2-8H,9H2,1H3. The summed E-state index contributed by atoms with van der Waals surface area (Å²) in [6.45, 7) is 1.89. The number of alkyl halides is 1. The Morgan fingerprint density at radius 1 is 1.12 bits per heavy atom. The monoisotopic (exact) mass is 250 g/mol. The summed E-state index contributed by atoms with van der Waals surface area (Å²) in [7, 11) is 0. The zero-order chi connectivity index (χ0) is 12.3. The van der Waals surface area contributed by atoms with E-state index in [0.29, 0.717) is 11.6 Å². The predicted molar refractivity (Wildman–Crippen MR) is 67.2 cm³/mol. The maximum atomic E-state index is 13.5. The summed E-state index contributed by atoms with van der Waals surface area (Å²) in [5.74, 6) is 0.776. The summed E-state index contributed by atoms with van der Waals surface area (Å²) in [6, 6.07) is 12.1. The Labute approximate surface area is 105 Å². The number of halogens is 2. The van der Waals surface area contributed by atoms with Gasteiger partial charge in [0.25, 0.3) is 0 Å². The lowest BCUT2D eigenvalue weighted by molar-refractivity contribution is 0.439. The van der Waals surface area contributed by atoms with Crippen LogP contribution in [0.4, 0.5) is 4.39 Å². The van der Waals surface area contributed by atoms with Crippen LogP contribution in [0.3, 0.4) is 0 Å². The van der Waals surface area contributed by atoms with Crippen LogP contribution < -0.4 is 4.74 Å². The van der Waals surface area contributed by atoms with Gasteiger partial charge in [0.2, 0.25) is 0 Å². The third-order valence-electron chi connectivity index (χ3n) is 2.42. The minimum atomic E-state index is -0.375. The van der Waals surface area contributed by atoms with Crippen molar-refractivity contribution in [2.75, 3.05) is 0 Å². The lowest BCUT2D eigenvalue weighted by Crippen LogP contribution is -1.92. The van der Waals surface area contributed by atoms with Crippen molar-refractivity contribution in [3.63, 3.8) is 0 Å². The summed E-state index contributed by atoms with van der Waals surface area (Å²) < 4.78 is 19.1. The Bertz CT molecular complexity index is 525. The first-order chi connectivity index (χ1) is 8.20. The number of para-hydroxylation sites is 1. The molecule has 3 heteroatoms. The molecular weight excluding hydrogens is 239 g/mol. The number of rotatable bonds is 3. The van der Waals surface area contributed by atoms with Crippen molar-refractivity contribution in [2.45, 2.75) is 12.8 Å². The van der Waals surface area contributed by atoms with Crippen LogP contribution >= 0.6 is 11.6 Å². The van der Waals surface area contributed by atoms with Crippen molar-refractivity contribution in [1.82, 2.24) is 0 Å². The van der Waals surface area contributed by atoms with E-state index < -0.39 is 0 Å². The zero-order valence-electron chi connectivity index (χ0n) is 9.41. The van der Waals surface area contributed by atoms with Crippen LogP contribution in [0.15, 0.2) is 42.5 Å². The Morgan fingerprint density at radius 2 is 1.88 bits per heavy atom. The van der Waals surface area contributed by atoms with Crippen LogP contribution in [0.1, 0.15) is 11.1 Å². The second-order valence-electron chi connectivity index (χ2n) is 3.78. The van der Waals surface area contributed by atoms with E-state index in [2.05, 4.69) is 0 Å². The summed E-state index contributed by atoms with van der Waals surface area (Å²) in [6.07, 6.45) is 0. The molecule has 0 heterocycles. The molecule has 2 aromatic carbocycles. The van der Waals surface area contributed by atoms with Gasteiger partial charge in [-0.25, -0.2) is 4.39 Å². The third-order valence-corrected chi connectivity index (χ3v) is 2.71. The lowest BCUT2D eigenvalue weighted by Gasteiger charge is -2.10. The van der Waals surface area contributed by atoms with Crippen molar-refractivity contribution in [3.05, 3.63) is 59.4 Å². The van der Waals surface area contributed by atoms with E-state index in [1.54, 1.807) is 18.2 Å². The fraction of sp³-hybridized carbons (Fsp3) is 0.143. The largest absolute Gasteiger partial charge is 0.454 e. The van der Waals surface area contributed by atoms with E-state index >= 15 is 0 Å². The molecule has 0 atom stereocenters. The number of aryl methyl sites for hydroxylation is 1. The molecule has 0 aliphatic carbocycles. The fourth-order valence-electron chi connectivity index (χ4n) is 1.52. The highest BCUT2D eigenvalue weighted by atomic mass is 35.5. The van der Waals surface area contributed by atoms with Gasteiger partial charge in [0.15, 0.2) is 11.6 Å². The van der Waals surface area contributed by atoms with Crippen molar-refractivity contribution < 1.29 is 9.13 Å². The molecule has 1 nitrogen and oxygen atoms in total.